The monoisotopic (exact) mass is 193 g/mol. The van der Waals surface area contributed by atoms with E-state index < -0.39 is 17.1 Å². The molecule has 5 nitrogen and oxygen atoms in total. The Labute approximate surface area is 77.9 Å². The van der Waals surface area contributed by atoms with Crippen molar-refractivity contribution in [1.29, 1.82) is 0 Å². The molecule has 0 aliphatic carbocycles. The van der Waals surface area contributed by atoms with Crippen molar-refractivity contribution in [3.63, 3.8) is 0 Å². The Morgan fingerprint density at radius 1 is 1.07 bits per heavy atom. The summed E-state index contributed by atoms with van der Waals surface area (Å²) in [5, 5.41) is 27.8. The minimum atomic E-state index is -0.763. The molecule has 0 unspecified atom stereocenters. The van der Waals surface area contributed by atoms with E-state index in [0.29, 0.717) is 5.52 Å². The zero-order valence-corrected chi connectivity index (χ0v) is 6.98. The van der Waals surface area contributed by atoms with Crippen molar-refractivity contribution in [1.82, 2.24) is 4.98 Å². The molecular formula is C9H7NO4. The molecule has 0 saturated carbocycles. The predicted molar refractivity (Wildman–Crippen MR) is 49.6 cm³/mol. The molecule has 0 radical (unpaired) electrons. The van der Waals surface area contributed by atoms with Crippen molar-refractivity contribution in [3.8, 4) is 17.2 Å². The first-order chi connectivity index (χ1) is 6.59. The summed E-state index contributed by atoms with van der Waals surface area (Å²) in [6.45, 7) is 0. The average molecular weight is 193 g/mol. The number of H-pyrrole nitrogens is 1. The third kappa shape index (κ3) is 1.06. The second-order valence-corrected chi connectivity index (χ2v) is 2.88. The molecule has 0 saturated heterocycles. The molecule has 1 aromatic heterocycles. The first-order valence-corrected chi connectivity index (χ1v) is 3.86. The minimum absolute atomic E-state index is 0.0563. The highest BCUT2D eigenvalue weighted by molar-refractivity contribution is 5.87. The average Bonchev–Trinajstić information content (AvgIpc) is 2.16. The van der Waals surface area contributed by atoms with Crippen molar-refractivity contribution in [2.75, 3.05) is 0 Å². The van der Waals surface area contributed by atoms with Crippen molar-refractivity contribution in [2.45, 2.75) is 0 Å². The fourth-order valence-corrected chi connectivity index (χ4v) is 1.25. The Hall–Kier alpha value is -2.17. The van der Waals surface area contributed by atoms with Gasteiger partial charge >= 0.3 is 0 Å². The smallest absolute Gasteiger partial charge is 0.294 e. The maximum atomic E-state index is 11.0. The summed E-state index contributed by atoms with van der Waals surface area (Å²) >= 11 is 0. The van der Waals surface area contributed by atoms with E-state index in [1.807, 2.05) is 0 Å². The topological polar surface area (TPSA) is 93.6 Å². The van der Waals surface area contributed by atoms with Crippen LogP contribution in [0.5, 0.6) is 17.2 Å². The number of fused-ring (bicyclic) bond motifs is 1. The van der Waals surface area contributed by atoms with Gasteiger partial charge in [0.15, 0.2) is 5.75 Å². The van der Waals surface area contributed by atoms with Gasteiger partial charge in [0.25, 0.3) is 5.56 Å². The normalized spacial score (nSPS) is 10.6. The van der Waals surface area contributed by atoms with Crippen LogP contribution >= 0.6 is 0 Å². The van der Waals surface area contributed by atoms with Crippen LogP contribution in [0.2, 0.25) is 0 Å². The molecule has 0 fully saturated rings. The van der Waals surface area contributed by atoms with Gasteiger partial charge in [0.1, 0.15) is 5.75 Å². The maximum absolute atomic E-state index is 11.0. The molecule has 0 aliphatic rings. The summed E-state index contributed by atoms with van der Waals surface area (Å²) in [4.78, 5) is 13.4. The third-order valence-electron chi connectivity index (χ3n) is 1.95. The lowest BCUT2D eigenvalue weighted by Gasteiger charge is -2.02. The molecule has 2 aromatic rings. The Bertz CT molecular complexity index is 558. The zero-order chi connectivity index (χ0) is 10.3. The molecule has 0 aliphatic heterocycles. The van der Waals surface area contributed by atoms with Gasteiger partial charge in [-0.05, 0) is 18.2 Å². The van der Waals surface area contributed by atoms with Gasteiger partial charge < -0.3 is 20.3 Å². The molecule has 0 amide bonds. The molecule has 0 spiro atoms. The van der Waals surface area contributed by atoms with Gasteiger partial charge in [0, 0.05) is 5.39 Å². The van der Waals surface area contributed by atoms with Crippen molar-refractivity contribution in [3.05, 3.63) is 28.6 Å². The minimum Gasteiger partial charge on any atom is -0.508 e. The summed E-state index contributed by atoms with van der Waals surface area (Å²) in [6, 6.07) is 4.06. The number of aromatic nitrogens is 1. The summed E-state index contributed by atoms with van der Waals surface area (Å²) in [6.07, 6.45) is 0. The first-order valence-electron chi connectivity index (χ1n) is 3.86. The quantitative estimate of drug-likeness (QED) is 0.494. The number of pyridine rings is 1. The lowest BCUT2D eigenvalue weighted by Crippen LogP contribution is -2.04. The molecular weight excluding hydrogens is 186 g/mol. The maximum Gasteiger partial charge on any atom is 0.294 e. The van der Waals surface area contributed by atoms with Crippen molar-refractivity contribution < 1.29 is 15.3 Å². The van der Waals surface area contributed by atoms with Gasteiger partial charge in [0.2, 0.25) is 5.75 Å². The van der Waals surface area contributed by atoms with Gasteiger partial charge in [-0.2, -0.15) is 0 Å². The molecule has 0 bridgehead atoms. The van der Waals surface area contributed by atoms with E-state index in [2.05, 4.69) is 4.98 Å². The SMILES string of the molecule is O=c1[nH]c2ccc(O)cc2c(O)c1O. The van der Waals surface area contributed by atoms with Crippen LogP contribution in [0.25, 0.3) is 10.9 Å². The number of phenols is 1. The van der Waals surface area contributed by atoms with Crippen molar-refractivity contribution in [2.24, 2.45) is 0 Å². The number of hydrogen-bond donors (Lipinski definition) is 4. The zero-order valence-electron chi connectivity index (χ0n) is 6.98. The summed E-state index contributed by atoms with van der Waals surface area (Å²) in [7, 11) is 0. The lowest BCUT2D eigenvalue weighted by atomic mass is 10.2. The van der Waals surface area contributed by atoms with Crippen LogP contribution in [0, 0.1) is 0 Å². The van der Waals surface area contributed by atoms with Crippen LogP contribution in [-0.2, 0) is 0 Å². The van der Waals surface area contributed by atoms with E-state index in [4.69, 9.17) is 10.2 Å². The Morgan fingerprint density at radius 2 is 1.79 bits per heavy atom. The third-order valence-corrected chi connectivity index (χ3v) is 1.95. The van der Waals surface area contributed by atoms with Crippen molar-refractivity contribution >= 4 is 10.9 Å². The fourth-order valence-electron chi connectivity index (χ4n) is 1.25. The van der Waals surface area contributed by atoms with E-state index in [9.17, 15) is 9.90 Å². The van der Waals surface area contributed by atoms with Gasteiger partial charge in [-0.15, -0.1) is 0 Å². The highest BCUT2D eigenvalue weighted by atomic mass is 16.3. The van der Waals surface area contributed by atoms with Gasteiger partial charge in [0.05, 0.1) is 5.52 Å². The number of aromatic amines is 1. The van der Waals surface area contributed by atoms with Crippen LogP contribution < -0.4 is 5.56 Å². The van der Waals surface area contributed by atoms with Crippen LogP contribution in [0.15, 0.2) is 23.0 Å². The second-order valence-electron chi connectivity index (χ2n) is 2.88. The number of nitrogens with one attached hydrogen (secondary N) is 1. The number of benzene rings is 1. The van der Waals surface area contributed by atoms with Gasteiger partial charge in [-0.1, -0.05) is 0 Å². The molecule has 72 valence electrons. The number of aromatic hydroxyl groups is 3. The second kappa shape index (κ2) is 2.66. The number of phenolic OH excluding ortho intramolecular Hbond substituents is 1. The highest BCUT2D eigenvalue weighted by Gasteiger charge is 2.10. The summed E-state index contributed by atoms with van der Waals surface area (Å²) in [5.41, 5.74) is -0.413. The number of hydrogen-bond acceptors (Lipinski definition) is 4. The Morgan fingerprint density at radius 3 is 2.50 bits per heavy atom. The van der Waals surface area contributed by atoms with Gasteiger partial charge in [-0.3, -0.25) is 4.79 Å². The lowest BCUT2D eigenvalue weighted by molar-refractivity contribution is 0.402. The molecule has 1 aromatic carbocycles. The fraction of sp³-hybridized carbons (Fsp3) is 0. The van der Waals surface area contributed by atoms with E-state index in [0.717, 1.165) is 0 Å². The molecule has 0 atom stereocenters. The van der Waals surface area contributed by atoms with Crippen LogP contribution in [0.4, 0.5) is 0 Å². The molecule has 2 rings (SSSR count). The van der Waals surface area contributed by atoms with Crippen LogP contribution in [0.3, 0.4) is 0 Å². The molecule has 14 heavy (non-hydrogen) atoms. The Balaban J connectivity index is 2.99. The number of rotatable bonds is 0. The Kier molecular flexibility index (Phi) is 1.60. The van der Waals surface area contributed by atoms with E-state index in [1.165, 1.54) is 18.2 Å². The summed E-state index contributed by atoms with van der Waals surface area (Å²) < 4.78 is 0. The summed E-state index contributed by atoms with van der Waals surface area (Å²) in [5.74, 6) is -1.33. The van der Waals surface area contributed by atoms with E-state index >= 15 is 0 Å². The molecule has 1 heterocycles. The van der Waals surface area contributed by atoms with Crippen LogP contribution in [-0.4, -0.2) is 20.3 Å². The predicted octanol–water partition coefficient (Wildman–Crippen LogP) is 0.645. The van der Waals surface area contributed by atoms with Crippen LogP contribution in [0.1, 0.15) is 0 Å². The first kappa shape index (κ1) is 8.43. The van der Waals surface area contributed by atoms with E-state index in [1.54, 1.807) is 0 Å². The van der Waals surface area contributed by atoms with E-state index in [-0.39, 0.29) is 11.1 Å². The molecule has 4 N–H and O–H groups in total. The highest BCUT2D eigenvalue weighted by Crippen LogP contribution is 2.30. The standard InChI is InChI=1S/C9H7NO4/c11-4-1-2-6-5(3-4)7(12)8(13)9(14)10-6/h1-3,11,13H,(H2,10,12,14). The molecule has 5 heteroatoms. The van der Waals surface area contributed by atoms with Gasteiger partial charge in [-0.25, -0.2) is 0 Å². The largest absolute Gasteiger partial charge is 0.508 e.